The Kier molecular flexibility index (Phi) is 6.51. The number of amides is 1. The summed E-state index contributed by atoms with van der Waals surface area (Å²) in [6, 6.07) is 17.8. The van der Waals surface area contributed by atoms with E-state index >= 15 is 0 Å². The first-order valence-corrected chi connectivity index (χ1v) is 12.7. The van der Waals surface area contributed by atoms with Crippen LogP contribution in [0.4, 0.5) is 0 Å². The second-order valence-corrected chi connectivity index (χ2v) is 10.7. The first-order valence-electron chi connectivity index (χ1n) is 12.7. The van der Waals surface area contributed by atoms with E-state index < -0.39 is 5.60 Å². The summed E-state index contributed by atoms with van der Waals surface area (Å²) >= 11 is 0. The van der Waals surface area contributed by atoms with E-state index in [-0.39, 0.29) is 11.9 Å². The Labute approximate surface area is 207 Å². The molecular formula is C29H35N3O3. The van der Waals surface area contributed by atoms with E-state index in [1.54, 1.807) is 0 Å². The number of hydrogen-bond acceptors (Lipinski definition) is 5. The Bertz CT molecular complexity index is 1190. The number of nitrogens with one attached hydrogen (secondary N) is 1. The second-order valence-electron chi connectivity index (χ2n) is 10.7. The van der Waals surface area contributed by atoms with Gasteiger partial charge in [0, 0.05) is 36.6 Å². The zero-order valence-corrected chi connectivity index (χ0v) is 20.8. The molecule has 1 unspecified atom stereocenters. The summed E-state index contributed by atoms with van der Waals surface area (Å²) in [5.41, 5.74) is 2.54. The fourth-order valence-electron chi connectivity index (χ4n) is 5.85. The number of carbonyl (C=O) groups is 1. The van der Waals surface area contributed by atoms with Crippen molar-refractivity contribution in [1.82, 2.24) is 15.2 Å². The fourth-order valence-corrected chi connectivity index (χ4v) is 5.85. The van der Waals surface area contributed by atoms with Crippen molar-refractivity contribution < 1.29 is 14.6 Å². The summed E-state index contributed by atoms with van der Waals surface area (Å²) in [4.78, 5) is 20.7. The standard InChI is InChI=1S/C29H35N3O3/c1-4-35-23-11-9-19(10-12-23)27-15-25(24-7-5-6-8-26(24)31-27)28(33)30-22-13-20-16-32(17-21(20)14-22)18-29(2,3)34/h5-12,15,20-22,34H,4,13-14,16-18H2,1-3H3,(H,30,33)/t20-,21+,22?. The van der Waals surface area contributed by atoms with Gasteiger partial charge in [-0.2, -0.15) is 0 Å². The van der Waals surface area contributed by atoms with Crippen molar-refractivity contribution in [3.8, 4) is 17.0 Å². The van der Waals surface area contributed by atoms with E-state index in [4.69, 9.17) is 9.72 Å². The zero-order chi connectivity index (χ0) is 24.6. The summed E-state index contributed by atoms with van der Waals surface area (Å²) in [6.45, 7) is 9.03. The van der Waals surface area contributed by atoms with Crippen LogP contribution in [0.5, 0.6) is 5.75 Å². The van der Waals surface area contributed by atoms with Crippen molar-refractivity contribution in [3.63, 3.8) is 0 Å². The lowest BCUT2D eigenvalue weighted by Crippen LogP contribution is -2.39. The van der Waals surface area contributed by atoms with Gasteiger partial charge in [0.25, 0.3) is 5.91 Å². The van der Waals surface area contributed by atoms with Gasteiger partial charge in [0.15, 0.2) is 0 Å². The Hall–Kier alpha value is -2.96. The predicted octanol–water partition coefficient (Wildman–Crippen LogP) is 4.51. The molecule has 1 aliphatic carbocycles. The Balaban J connectivity index is 1.33. The minimum atomic E-state index is -0.671. The molecule has 2 N–H and O–H groups in total. The maximum absolute atomic E-state index is 13.5. The molecule has 0 spiro atoms. The van der Waals surface area contributed by atoms with Gasteiger partial charge in [-0.25, -0.2) is 4.98 Å². The van der Waals surface area contributed by atoms with Crippen molar-refractivity contribution >= 4 is 16.8 Å². The van der Waals surface area contributed by atoms with E-state index in [2.05, 4.69) is 10.2 Å². The minimum Gasteiger partial charge on any atom is -0.494 e. The van der Waals surface area contributed by atoms with Crippen LogP contribution in [0.1, 0.15) is 44.0 Å². The number of pyridine rings is 1. The number of nitrogens with zero attached hydrogens (tertiary/aromatic N) is 2. The molecule has 3 atom stereocenters. The van der Waals surface area contributed by atoms with Crippen LogP contribution in [0.15, 0.2) is 54.6 Å². The molecule has 1 saturated heterocycles. The van der Waals surface area contributed by atoms with Crippen LogP contribution in [0, 0.1) is 11.8 Å². The van der Waals surface area contributed by atoms with E-state index in [1.165, 1.54) is 0 Å². The van der Waals surface area contributed by atoms with E-state index in [1.807, 2.05) is 75.4 Å². The van der Waals surface area contributed by atoms with Crippen LogP contribution in [0.2, 0.25) is 0 Å². The first kappa shape index (κ1) is 23.8. The van der Waals surface area contributed by atoms with Crippen molar-refractivity contribution in [2.24, 2.45) is 11.8 Å². The largest absolute Gasteiger partial charge is 0.494 e. The van der Waals surface area contributed by atoms with Crippen molar-refractivity contribution in [2.45, 2.75) is 45.3 Å². The van der Waals surface area contributed by atoms with Gasteiger partial charge in [0.2, 0.25) is 0 Å². The van der Waals surface area contributed by atoms with Gasteiger partial charge >= 0.3 is 0 Å². The lowest BCUT2D eigenvalue weighted by atomic mass is 10.0. The van der Waals surface area contributed by atoms with Gasteiger partial charge in [0.1, 0.15) is 5.75 Å². The molecule has 1 amide bonds. The molecule has 3 aromatic rings. The fraction of sp³-hybridized carbons (Fsp3) is 0.448. The van der Waals surface area contributed by atoms with Gasteiger partial charge in [-0.1, -0.05) is 18.2 Å². The summed E-state index contributed by atoms with van der Waals surface area (Å²) in [5, 5.41) is 14.4. The van der Waals surface area contributed by atoms with Gasteiger partial charge in [-0.3, -0.25) is 9.69 Å². The van der Waals surface area contributed by atoms with Crippen molar-refractivity contribution in [1.29, 1.82) is 0 Å². The lowest BCUT2D eigenvalue weighted by Gasteiger charge is -2.26. The number of carbonyl (C=O) groups excluding carboxylic acids is 1. The number of benzene rings is 2. The maximum atomic E-state index is 13.5. The quantitative estimate of drug-likeness (QED) is 0.528. The third kappa shape index (κ3) is 5.34. The first-order chi connectivity index (χ1) is 16.8. The molecule has 184 valence electrons. The Morgan fingerprint density at radius 3 is 2.46 bits per heavy atom. The predicted molar refractivity (Wildman–Crippen MR) is 139 cm³/mol. The molecule has 6 heteroatoms. The van der Waals surface area contributed by atoms with Gasteiger partial charge in [-0.05, 0) is 81.8 Å². The Morgan fingerprint density at radius 2 is 1.80 bits per heavy atom. The zero-order valence-electron chi connectivity index (χ0n) is 20.8. The van der Waals surface area contributed by atoms with Crippen LogP contribution < -0.4 is 10.1 Å². The molecule has 2 aromatic carbocycles. The molecule has 1 saturated carbocycles. The van der Waals surface area contributed by atoms with E-state index in [0.717, 1.165) is 53.8 Å². The number of para-hydroxylation sites is 1. The third-order valence-electron chi connectivity index (χ3n) is 7.19. The molecule has 2 fully saturated rings. The Morgan fingerprint density at radius 1 is 1.11 bits per heavy atom. The lowest BCUT2D eigenvalue weighted by molar-refractivity contribution is 0.0413. The SMILES string of the molecule is CCOc1ccc(-c2cc(C(=O)NC3C[C@@H]4CN(CC(C)(C)O)C[C@@H]4C3)c3ccccc3n2)cc1. The summed E-state index contributed by atoms with van der Waals surface area (Å²) in [5.74, 6) is 1.95. The van der Waals surface area contributed by atoms with E-state index in [9.17, 15) is 9.90 Å². The number of rotatable bonds is 7. The van der Waals surface area contributed by atoms with E-state index in [0.29, 0.717) is 30.6 Å². The van der Waals surface area contributed by atoms with Gasteiger partial charge < -0.3 is 15.2 Å². The van der Waals surface area contributed by atoms with Crippen LogP contribution in [0.25, 0.3) is 22.2 Å². The molecule has 35 heavy (non-hydrogen) atoms. The number of aromatic nitrogens is 1. The molecule has 1 aromatic heterocycles. The smallest absolute Gasteiger partial charge is 0.252 e. The van der Waals surface area contributed by atoms with Crippen molar-refractivity contribution in [3.05, 3.63) is 60.2 Å². The topological polar surface area (TPSA) is 74.7 Å². The highest BCUT2D eigenvalue weighted by molar-refractivity contribution is 6.07. The average molecular weight is 474 g/mol. The van der Waals surface area contributed by atoms with Crippen molar-refractivity contribution in [2.75, 3.05) is 26.2 Å². The monoisotopic (exact) mass is 473 g/mol. The second kappa shape index (κ2) is 9.59. The highest BCUT2D eigenvalue weighted by Gasteiger charge is 2.42. The number of hydrogen-bond donors (Lipinski definition) is 2. The van der Waals surface area contributed by atoms with Crippen LogP contribution in [-0.4, -0.2) is 58.8 Å². The average Bonchev–Trinajstić information content (AvgIpc) is 3.35. The summed E-state index contributed by atoms with van der Waals surface area (Å²) < 4.78 is 5.56. The number of β-amino-alcohol motifs (C(OH)–C–C–N with tert-alkyl or cyclic N) is 1. The molecule has 2 aliphatic rings. The molecular weight excluding hydrogens is 438 g/mol. The highest BCUT2D eigenvalue weighted by atomic mass is 16.5. The van der Waals surface area contributed by atoms with Crippen LogP contribution in [0.3, 0.4) is 0 Å². The van der Waals surface area contributed by atoms with Gasteiger partial charge in [0.05, 0.1) is 29.0 Å². The molecule has 1 aliphatic heterocycles. The third-order valence-corrected chi connectivity index (χ3v) is 7.19. The normalized spacial score (nSPS) is 22.3. The maximum Gasteiger partial charge on any atom is 0.252 e. The number of likely N-dealkylation sites (tertiary alicyclic amines) is 1. The molecule has 6 nitrogen and oxygen atoms in total. The number of ether oxygens (including phenoxy) is 1. The molecule has 2 heterocycles. The number of aliphatic hydroxyl groups is 1. The molecule has 0 bridgehead atoms. The summed E-state index contributed by atoms with van der Waals surface area (Å²) in [7, 11) is 0. The minimum absolute atomic E-state index is 0.0332. The summed E-state index contributed by atoms with van der Waals surface area (Å²) in [6.07, 6.45) is 1.99. The molecule has 0 radical (unpaired) electrons. The van der Waals surface area contributed by atoms with Crippen LogP contribution >= 0.6 is 0 Å². The number of fused-ring (bicyclic) bond motifs is 2. The molecule has 5 rings (SSSR count). The highest BCUT2D eigenvalue weighted by Crippen LogP contribution is 2.39. The van der Waals surface area contributed by atoms with Gasteiger partial charge in [-0.15, -0.1) is 0 Å². The van der Waals surface area contributed by atoms with Crippen LogP contribution in [-0.2, 0) is 0 Å².